The lowest BCUT2D eigenvalue weighted by Crippen LogP contribution is -2.30. The molecule has 5 heteroatoms. The first-order valence-corrected chi connectivity index (χ1v) is 8.86. The van der Waals surface area contributed by atoms with Gasteiger partial charge in [0.2, 0.25) is 5.91 Å². The molecule has 1 fully saturated rings. The average molecular weight is 347 g/mol. The van der Waals surface area contributed by atoms with E-state index in [2.05, 4.69) is 27.5 Å². The van der Waals surface area contributed by atoms with Gasteiger partial charge in [0, 0.05) is 37.2 Å². The number of rotatable bonds is 4. The Kier molecular flexibility index (Phi) is 4.80. The summed E-state index contributed by atoms with van der Waals surface area (Å²) >= 11 is 0. The number of benzene rings is 2. The van der Waals surface area contributed by atoms with Crippen LogP contribution in [0.15, 0.2) is 71.3 Å². The molecule has 5 nitrogen and oxygen atoms in total. The van der Waals surface area contributed by atoms with E-state index >= 15 is 0 Å². The molecule has 1 aliphatic heterocycles. The number of hydrogen-bond donors (Lipinski definition) is 1. The highest BCUT2D eigenvalue weighted by molar-refractivity contribution is 5.77. The molecule has 3 aromatic rings. The summed E-state index contributed by atoms with van der Waals surface area (Å²) in [6.07, 6.45) is 0.448. The fourth-order valence-electron chi connectivity index (χ4n) is 3.40. The molecule has 1 amide bonds. The molecule has 0 bridgehead atoms. The second-order valence-corrected chi connectivity index (χ2v) is 6.50. The molecule has 0 saturated carbocycles. The van der Waals surface area contributed by atoms with Gasteiger partial charge in [-0.3, -0.25) is 9.69 Å². The van der Waals surface area contributed by atoms with Crippen molar-refractivity contribution in [1.29, 1.82) is 0 Å². The van der Waals surface area contributed by atoms with Crippen LogP contribution in [0.4, 0.5) is 0 Å². The first kappa shape index (κ1) is 16.5. The van der Waals surface area contributed by atoms with Crippen LogP contribution < -0.4 is 5.32 Å². The standard InChI is InChI=1S/C21H21N3O2/c25-21-14-20(17-9-5-2-6-10-17)24(12-11-22-21)15-18-13-19(23-26-18)16-7-3-1-4-8-16/h1-10,13,20H,11-12,14-15H2,(H,22,25). The van der Waals surface area contributed by atoms with Crippen LogP contribution >= 0.6 is 0 Å². The second kappa shape index (κ2) is 7.54. The Bertz CT molecular complexity index is 861. The normalized spacial score (nSPS) is 18.3. The quantitative estimate of drug-likeness (QED) is 0.786. The highest BCUT2D eigenvalue weighted by Gasteiger charge is 2.27. The second-order valence-electron chi connectivity index (χ2n) is 6.50. The van der Waals surface area contributed by atoms with E-state index in [0.717, 1.165) is 29.1 Å². The Morgan fingerprint density at radius 2 is 1.81 bits per heavy atom. The number of amides is 1. The van der Waals surface area contributed by atoms with Crippen LogP contribution in [0, 0.1) is 0 Å². The van der Waals surface area contributed by atoms with Gasteiger partial charge in [0.05, 0.1) is 6.54 Å². The molecule has 132 valence electrons. The van der Waals surface area contributed by atoms with Gasteiger partial charge in [-0.1, -0.05) is 65.8 Å². The van der Waals surface area contributed by atoms with Gasteiger partial charge in [0.1, 0.15) is 5.69 Å². The maximum Gasteiger partial charge on any atom is 0.221 e. The monoisotopic (exact) mass is 347 g/mol. The third-order valence-corrected chi connectivity index (χ3v) is 4.71. The van der Waals surface area contributed by atoms with E-state index in [9.17, 15) is 4.79 Å². The minimum atomic E-state index is 0.0315. The molecule has 1 saturated heterocycles. The van der Waals surface area contributed by atoms with Crippen molar-refractivity contribution in [3.05, 3.63) is 78.1 Å². The topological polar surface area (TPSA) is 58.4 Å². The number of nitrogens with one attached hydrogen (secondary N) is 1. The van der Waals surface area contributed by atoms with Crippen molar-refractivity contribution >= 4 is 5.91 Å². The molecule has 0 radical (unpaired) electrons. The van der Waals surface area contributed by atoms with Crippen LogP contribution in [0.25, 0.3) is 11.3 Å². The maximum atomic E-state index is 12.1. The van der Waals surface area contributed by atoms with Gasteiger partial charge in [0.25, 0.3) is 0 Å². The highest BCUT2D eigenvalue weighted by Crippen LogP contribution is 2.28. The largest absolute Gasteiger partial charge is 0.359 e. The molecule has 1 aromatic heterocycles. The fraction of sp³-hybridized carbons (Fsp3) is 0.238. The zero-order valence-electron chi connectivity index (χ0n) is 14.5. The van der Waals surface area contributed by atoms with Gasteiger partial charge < -0.3 is 9.84 Å². The molecule has 0 spiro atoms. The SMILES string of the molecule is O=C1CC(c2ccccc2)N(Cc2cc(-c3ccccc3)no2)CCN1. The fourth-order valence-corrected chi connectivity index (χ4v) is 3.40. The predicted octanol–water partition coefficient (Wildman–Crippen LogP) is 3.40. The van der Waals surface area contributed by atoms with Crippen LogP contribution in [0.1, 0.15) is 23.8 Å². The van der Waals surface area contributed by atoms with Crippen molar-refractivity contribution in [3.8, 4) is 11.3 Å². The van der Waals surface area contributed by atoms with Crippen molar-refractivity contribution < 1.29 is 9.32 Å². The van der Waals surface area contributed by atoms with E-state index in [4.69, 9.17) is 4.52 Å². The summed E-state index contributed by atoms with van der Waals surface area (Å²) in [5, 5.41) is 7.17. The van der Waals surface area contributed by atoms with Gasteiger partial charge in [-0.25, -0.2) is 0 Å². The van der Waals surface area contributed by atoms with E-state index in [0.29, 0.717) is 19.5 Å². The van der Waals surface area contributed by atoms with Gasteiger partial charge in [0.15, 0.2) is 5.76 Å². The van der Waals surface area contributed by atoms with Gasteiger partial charge in [-0.05, 0) is 5.56 Å². The van der Waals surface area contributed by atoms with E-state index < -0.39 is 0 Å². The van der Waals surface area contributed by atoms with Crippen molar-refractivity contribution in [2.24, 2.45) is 0 Å². The molecular weight excluding hydrogens is 326 g/mol. The molecule has 1 unspecified atom stereocenters. The Morgan fingerprint density at radius 1 is 1.08 bits per heavy atom. The summed E-state index contributed by atoms with van der Waals surface area (Å²) < 4.78 is 5.58. The summed E-state index contributed by atoms with van der Waals surface area (Å²) in [4.78, 5) is 14.4. The van der Waals surface area contributed by atoms with E-state index in [1.807, 2.05) is 54.6 Å². The zero-order chi connectivity index (χ0) is 17.8. The number of carbonyl (C=O) groups excluding carboxylic acids is 1. The van der Waals surface area contributed by atoms with Crippen molar-refractivity contribution in [1.82, 2.24) is 15.4 Å². The van der Waals surface area contributed by atoms with Crippen molar-refractivity contribution in [3.63, 3.8) is 0 Å². The van der Waals surface area contributed by atoms with E-state index in [1.165, 1.54) is 0 Å². The van der Waals surface area contributed by atoms with Crippen LogP contribution in [0.5, 0.6) is 0 Å². The molecular formula is C21H21N3O2. The zero-order valence-corrected chi connectivity index (χ0v) is 14.5. The Balaban J connectivity index is 1.57. The minimum Gasteiger partial charge on any atom is -0.359 e. The number of carbonyl (C=O) groups is 1. The van der Waals surface area contributed by atoms with Gasteiger partial charge >= 0.3 is 0 Å². The smallest absolute Gasteiger partial charge is 0.221 e. The first-order chi connectivity index (χ1) is 12.8. The van der Waals surface area contributed by atoms with Gasteiger partial charge in [-0.2, -0.15) is 0 Å². The lowest BCUT2D eigenvalue weighted by atomic mass is 10.0. The van der Waals surface area contributed by atoms with Crippen LogP contribution in [-0.4, -0.2) is 29.1 Å². The summed E-state index contributed by atoms with van der Waals surface area (Å²) in [6, 6.07) is 22.2. The lowest BCUT2D eigenvalue weighted by Gasteiger charge is -2.28. The average Bonchev–Trinajstić information content (AvgIpc) is 3.07. The summed E-state index contributed by atoms with van der Waals surface area (Å²) in [5.74, 6) is 0.892. The summed E-state index contributed by atoms with van der Waals surface area (Å²) in [6.45, 7) is 2.03. The number of aromatic nitrogens is 1. The maximum absolute atomic E-state index is 12.1. The molecule has 1 aliphatic rings. The molecule has 2 heterocycles. The molecule has 2 aromatic carbocycles. The molecule has 1 atom stereocenters. The first-order valence-electron chi connectivity index (χ1n) is 8.86. The Morgan fingerprint density at radius 3 is 2.58 bits per heavy atom. The molecule has 1 N–H and O–H groups in total. The van der Waals surface area contributed by atoms with Crippen LogP contribution in [0.3, 0.4) is 0 Å². The van der Waals surface area contributed by atoms with Gasteiger partial charge in [-0.15, -0.1) is 0 Å². The molecule has 0 aliphatic carbocycles. The Labute approximate surface area is 152 Å². The number of hydrogen-bond acceptors (Lipinski definition) is 4. The lowest BCUT2D eigenvalue weighted by molar-refractivity contribution is -0.121. The molecule has 26 heavy (non-hydrogen) atoms. The Hall–Kier alpha value is -2.92. The van der Waals surface area contributed by atoms with Crippen molar-refractivity contribution in [2.45, 2.75) is 19.0 Å². The third-order valence-electron chi connectivity index (χ3n) is 4.71. The summed E-state index contributed by atoms with van der Waals surface area (Å²) in [5.41, 5.74) is 3.02. The van der Waals surface area contributed by atoms with Crippen LogP contribution in [-0.2, 0) is 11.3 Å². The van der Waals surface area contributed by atoms with Crippen molar-refractivity contribution in [2.75, 3.05) is 13.1 Å². The predicted molar refractivity (Wildman–Crippen MR) is 99.2 cm³/mol. The minimum absolute atomic E-state index is 0.0315. The van der Waals surface area contributed by atoms with Crippen LogP contribution in [0.2, 0.25) is 0 Å². The van der Waals surface area contributed by atoms with E-state index in [1.54, 1.807) is 0 Å². The summed E-state index contributed by atoms with van der Waals surface area (Å²) in [7, 11) is 0. The molecule has 4 rings (SSSR count). The number of nitrogens with zero attached hydrogens (tertiary/aromatic N) is 2. The highest BCUT2D eigenvalue weighted by atomic mass is 16.5. The van der Waals surface area contributed by atoms with E-state index in [-0.39, 0.29) is 11.9 Å². The third kappa shape index (κ3) is 3.68.